The lowest BCUT2D eigenvalue weighted by molar-refractivity contribution is -0.203. The molecule has 0 amide bonds. The number of ether oxygens (including phenoxy) is 3. The Bertz CT molecular complexity index is 2700. The van der Waals surface area contributed by atoms with Crippen molar-refractivity contribution in [3.8, 4) is 5.75 Å². The number of anilines is 1. The number of hydrogen-bond acceptors (Lipinski definition) is 11. The highest BCUT2D eigenvalue weighted by atomic mass is 16.5. The van der Waals surface area contributed by atoms with E-state index >= 15 is 0 Å². The zero-order valence-corrected chi connectivity index (χ0v) is 35.9. The van der Waals surface area contributed by atoms with Crippen LogP contribution >= 0.6 is 0 Å². The molecule has 0 saturated carbocycles. The van der Waals surface area contributed by atoms with E-state index < -0.39 is 53.2 Å². The number of nitrogens with zero attached hydrogens (tertiary/aromatic N) is 4. The quantitative estimate of drug-likeness (QED) is 0.0878. The molecule has 0 spiro atoms. The first-order valence-corrected chi connectivity index (χ1v) is 22.0. The molecule has 7 atom stereocenters. The third kappa shape index (κ3) is 5.71. The smallest absolute Gasteiger partial charge is 0.339 e. The van der Waals surface area contributed by atoms with Crippen molar-refractivity contribution in [2.45, 2.75) is 89.2 Å². The number of benzene rings is 3. The lowest BCUT2D eigenvalue weighted by Gasteiger charge is -2.50. The van der Waals surface area contributed by atoms with Gasteiger partial charge in [0.15, 0.2) is 0 Å². The number of carbonyl (C=O) groups excluding carboxylic acids is 2. The maximum Gasteiger partial charge on any atom is 0.339 e. The van der Waals surface area contributed by atoms with E-state index in [-0.39, 0.29) is 5.75 Å². The van der Waals surface area contributed by atoms with Crippen molar-refractivity contribution in [1.82, 2.24) is 19.3 Å². The molecule has 13 heteroatoms. The van der Waals surface area contributed by atoms with Crippen LogP contribution in [0.5, 0.6) is 5.75 Å². The molecule has 3 aromatic carbocycles. The highest BCUT2D eigenvalue weighted by Gasteiger charge is 2.53. The van der Waals surface area contributed by atoms with Crippen molar-refractivity contribution in [3.63, 3.8) is 0 Å². The Labute approximate surface area is 360 Å². The van der Waals surface area contributed by atoms with Gasteiger partial charge < -0.3 is 44.2 Å². The summed E-state index contributed by atoms with van der Waals surface area (Å²) in [6, 6.07) is 21.0. The lowest BCUT2D eigenvalue weighted by Crippen LogP contribution is -2.49. The van der Waals surface area contributed by atoms with Gasteiger partial charge in [0, 0.05) is 65.0 Å². The van der Waals surface area contributed by atoms with E-state index in [0.29, 0.717) is 54.9 Å². The number of esters is 2. The fourth-order valence-electron chi connectivity index (χ4n) is 12.4. The van der Waals surface area contributed by atoms with Crippen molar-refractivity contribution in [1.29, 1.82) is 0 Å². The average Bonchev–Trinajstić information content (AvgIpc) is 3.80. The maximum absolute atomic E-state index is 14.3. The molecule has 0 aliphatic carbocycles. The number of hydrogen-bond donors (Lipinski definition) is 4. The van der Waals surface area contributed by atoms with Crippen LogP contribution in [0, 0.1) is 10.8 Å². The van der Waals surface area contributed by atoms with Crippen molar-refractivity contribution >= 4 is 50.6 Å². The largest absolute Gasteiger partial charge is 0.508 e. The molecule has 5 aliphatic heterocycles. The molecule has 324 valence electrons. The Morgan fingerprint density at radius 3 is 1.89 bits per heavy atom. The minimum absolute atomic E-state index is 0.0929. The zero-order valence-electron chi connectivity index (χ0n) is 35.9. The van der Waals surface area contributed by atoms with Gasteiger partial charge >= 0.3 is 11.9 Å². The minimum atomic E-state index is -0.633. The van der Waals surface area contributed by atoms with Gasteiger partial charge in [-0.3, -0.25) is 0 Å². The van der Waals surface area contributed by atoms with Crippen LogP contribution in [0.3, 0.4) is 0 Å². The van der Waals surface area contributed by atoms with Crippen LogP contribution < -0.4 is 5.32 Å². The first kappa shape index (κ1) is 40.6. The molecule has 5 aliphatic rings. The van der Waals surface area contributed by atoms with Crippen LogP contribution in [-0.4, -0.2) is 87.2 Å². The number of para-hydroxylation sites is 2. The number of nitrogens with one attached hydrogen (secondary N) is 1. The number of piperidine rings is 2. The van der Waals surface area contributed by atoms with Gasteiger partial charge in [-0.05, 0) is 86.4 Å². The molecule has 4 N–H and O–H groups in total. The third-order valence-electron chi connectivity index (χ3n) is 15.1. The van der Waals surface area contributed by atoms with E-state index in [1.807, 2.05) is 42.5 Å². The molecule has 0 bridgehead atoms. The number of hydroxylamine groups is 4. The summed E-state index contributed by atoms with van der Waals surface area (Å²) < 4.78 is 22.0. The first-order valence-electron chi connectivity index (χ1n) is 22.0. The molecule has 10 rings (SSSR count). The zero-order chi connectivity index (χ0) is 43.2. The molecule has 2 saturated heterocycles. The number of carbonyl (C=O) groups is 2. The summed E-state index contributed by atoms with van der Waals surface area (Å²) in [7, 11) is 4.49. The summed E-state index contributed by atoms with van der Waals surface area (Å²) in [6.07, 6.45) is 7.41. The van der Waals surface area contributed by atoms with Gasteiger partial charge in [0.05, 0.1) is 53.9 Å². The van der Waals surface area contributed by atoms with E-state index in [4.69, 9.17) is 14.2 Å². The van der Waals surface area contributed by atoms with Gasteiger partial charge in [0.2, 0.25) is 0 Å². The maximum atomic E-state index is 14.3. The fraction of sp³-hybridized carbons (Fsp3) is 0.429. The predicted octanol–water partition coefficient (Wildman–Crippen LogP) is 8.71. The van der Waals surface area contributed by atoms with Gasteiger partial charge in [0.25, 0.3) is 0 Å². The molecule has 5 aromatic rings. The summed E-state index contributed by atoms with van der Waals surface area (Å²) in [5, 5.41) is 43.2. The van der Waals surface area contributed by atoms with E-state index in [2.05, 4.69) is 52.6 Å². The molecule has 13 nitrogen and oxygen atoms in total. The number of aromatic nitrogens is 2. The molecule has 3 unspecified atom stereocenters. The number of fused-ring (bicyclic) bond motifs is 11. The standard InChI is InChI=1S/C49H55N5O8/c1-6-48-20-12-22-51(58)46(48)53-37-16-10-8-14-29(37)31(41(53)33(26-48)44(56)61-4)25-36-40(43(60-3)32-24-28(55)18-19-35(32)50-36)39-30-15-9-11-17-38(30)54-42(39)34(45(57)62-5)27-49(7-2)21-13-23-52(59)47(49)54/h8-11,14-19,24,26-27,36,40,43,46-47,50,55,58-59H,6-7,12-13,20-23,25H2,1-5H3/t36?,40?,43?,46-,47-,48+,49+/m1/s1. The summed E-state index contributed by atoms with van der Waals surface area (Å²) in [6.45, 7) is 5.19. The van der Waals surface area contributed by atoms with Gasteiger partial charge in [0.1, 0.15) is 18.1 Å². The van der Waals surface area contributed by atoms with Crippen molar-refractivity contribution in [2.24, 2.45) is 10.8 Å². The van der Waals surface area contributed by atoms with E-state index in [0.717, 1.165) is 69.9 Å². The Morgan fingerprint density at radius 1 is 0.758 bits per heavy atom. The fourth-order valence-corrected chi connectivity index (χ4v) is 12.4. The number of rotatable bonds is 8. The number of methoxy groups -OCH3 is 3. The summed E-state index contributed by atoms with van der Waals surface area (Å²) >= 11 is 0. The Kier molecular flexibility index (Phi) is 9.91. The van der Waals surface area contributed by atoms with Crippen LogP contribution in [0.15, 0.2) is 78.9 Å². The second-order valence-corrected chi connectivity index (χ2v) is 17.8. The summed E-state index contributed by atoms with van der Waals surface area (Å²) in [5.41, 5.74) is 6.23. The Hall–Kier alpha value is -5.44. The molecule has 2 fully saturated rings. The summed E-state index contributed by atoms with van der Waals surface area (Å²) in [5.74, 6) is -1.34. The average molecular weight is 842 g/mol. The van der Waals surface area contributed by atoms with Gasteiger partial charge in [-0.15, -0.1) is 0 Å². The van der Waals surface area contributed by atoms with Gasteiger partial charge in [-0.2, -0.15) is 10.1 Å². The predicted molar refractivity (Wildman–Crippen MR) is 235 cm³/mol. The van der Waals surface area contributed by atoms with Crippen LogP contribution in [-0.2, 0) is 30.2 Å². The van der Waals surface area contributed by atoms with E-state index in [1.165, 1.54) is 24.3 Å². The molecular formula is C49H55N5O8. The third-order valence-corrected chi connectivity index (χ3v) is 15.1. The highest BCUT2D eigenvalue weighted by Crippen LogP contribution is 2.59. The van der Waals surface area contributed by atoms with Crippen molar-refractivity contribution < 1.29 is 39.3 Å². The first-order chi connectivity index (χ1) is 30.0. The molecular weight excluding hydrogens is 787 g/mol. The SMILES string of the molecule is CC[C@]12C=C(C(=O)OC)c3c(CC4Nc5ccc(O)cc5C(OC)C4c4c5n(c6ccccc46)[C@H]4N(O)CCC[C@@]4(CC)C=C5C(=O)OC)c4ccccc4n3[C@H]1N(O)CCC2. The van der Waals surface area contributed by atoms with Gasteiger partial charge in [-0.1, -0.05) is 62.4 Å². The van der Waals surface area contributed by atoms with Crippen LogP contribution in [0.25, 0.3) is 33.0 Å². The van der Waals surface area contributed by atoms with Crippen LogP contribution in [0.2, 0.25) is 0 Å². The molecule has 7 heterocycles. The Balaban J connectivity index is 1.26. The number of phenols is 1. The lowest BCUT2D eigenvalue weighted by atomic mass is 9.70. The summed E-state index contributed by atoms with van der Waals surface area (Å²) in [4.78, 5) is 28.4. The molecule has 62 heavy (non-hydrogen) atoms. The minimum Gasteiger partial charge on any atom is -0.508 e. The normalized spacial score (nSPS) is 28.1. The van der Waals surface area contributed by atoms with E-state index in [1.54, 1.807) is 19.2 Å². The number of phenolic OH excluding ortho intramolecular Hbond substituents is 1. The molecule has 2 aromatic heterocycles. The second kappa shape index (κ2) is 15.1. The monoisotopic (exact) mass is 841 g/mol. The highest BCUT2D eigenvalue weighted by molar-refractivity contribution is 6.19. The Morgan fingerprint density at radius 2 is 1.31 bits per heavy atom. The molecule has 0 radical (unpaired) electrons. The van der Waals surface area contributed by atoms with E-state index in [9.17, 15) is 25.1 Å². The van der Waals surface area contributed by atoms with Crippen LogP contribution in [0.4, 0.5) is 5.69 Å². The van der Waals surface area contributed by atoms with Gasteiger partial charge in [-0.25, -0.2) is 9.59 Å². The van der Waals surface area contributed by atoms with Crippen molar-refractivity contribution in [2.75, 3.05) is 39.7 Å². The number of aromatic hydroxyl groups is 1. The van der Waals surface area contributed by atoms with Crippen LogP contribution in [0.1, 0.15) is 105 Å². The van der Waals surface area contributed by atoms with Crippen molar-refractivity contribution in [3.05, 3.63) is 107 Å². The topological polar surface area (TPSA) is 151 Å². The second-order valence-electron chi connectivity index (χ2n) is 17.8.